The molecule has 0 radical (unpaired) electrons. The molecule has 0 spiro atoms. The fourth-order valence-corrected chi connectivity index (χ4v) is 2.63. The normalized spacial score (nSPS) is 18.9. The quantitative estimate of drug-likeness (QED) is 0.763. The van der Waals surface area contributed by atoms with Crippen molar-refractivity contribution in [2.24, 2.45) is 0 Å². The molecule has 0 saturated carbocycles. The van der Waals surface area contributed by atoms with Crippen molar-refractivity contribution in [2.45, 2.75) is 18.9 Å². The van der Waals surface area contributed by atoms with E-state index in [1.165, 1.54) is 6.07 Å². The number of benzene rings is 1. The highest BCUT2D eigenvalue weighted by Gasteiger charge is 2.18. The van der Waals surface area contributed by atoms with Crippen LogP contribution in [0.5, 0.6) is 0 Å². The Morgan fingerprint density at radius 2 is 2.15 bits per heavy atom. The van der Waals surface area contributed by atoms with Crippen LogP contribution in [0.4, 0.5) is 0 Å². The molecule has 104 valence electrons. The van der Waals surface area contributed by atoms with E-state index in [2.05, 4.69) is 15.6 Å². The Bertz CT molecular complexity index is 687. The van der Waals surface area contributed by atoms with Crippen LogP contribution >= 0.6 is 0 Å². The van der Waals surface area contributed by atoms with Gasteiger partial charge in [0.1, 0.15) is 0 Å². The van der Waals surface area contributed by atoms with E-state index in [1.807, 2.05) is 18.2 Å². The summed E-state index contributed by atoms with van der Waals surface area (Å²) in [4.78, 5) is 26.8. The number of nitrogens with one attached hydrogen (secondary N) is 3. The van der Waals surface area contributed by atoms with Gasteiger partial charge >= 0.3 is 0 Å². The smallest absolute Gasteiger partial charge is 0.252 e. The van der Waals surface area contributed by atoms with Gasteiger partial charge in [0.15, 0.2) is 0 Å². The number of rotatable bonds is 2. The van der Waals surface area contributed by atoms with Crippen LogP contribution in [0, 0.1) is 0 Å². The van der Waals surface area contributed by atoms with Gasteiger partial charge in [0.25, 0.3) is 5.91 Å². The molecule has 1 aliphatic rings. The summed E-state index contributed by atoms with van der Waals surface area (Å²) in [5.74, 6) is -0.180. The van der Waals surface area contributed by atoms with Crippen LogP contribution in [0.3, 0.4) is 0 Å². The first-order chi connectivity index (χ1) is 9.74. The van der Waals surface area contributed by atoms with Crippen LogP contribution in [0.15, 0.2) is 35.1 Å². The van der Waals surface area contributed by atoms with Crippen LogP contribution < -0.4 is 16.2 Å². The molecule has 2 heterocycles. The van der Waals surface area contributed by atoms with E-state index in [0.717, 1.165) is 31.3 Å². The third-order valence-electron chi connectivity index (χ3n) is 3.63. The Kier molecular flexibility index (Phi) is 3.52. The number of aromatic nitrogens is 1. The molecule has 0 bridgehead atoms. The number of amides is 1. The number of para-hydroxylation sites is 1. The minimum Gasteiger partial charge on any atom is -0.348 e. The van der Waals surface area contributed by atoms with Crippen molar-refractivity contribution >= 4 is 16.8 Å². The lowest BCUT2D eigenvalue weighted by atomic mass is 10.1. The lowest BCUT2D eigenvalue weighted by molar-refractivity contribution is 0.0932. The zero-order chi connectivity index (χ0) is 13.9. The van der Waals surface area contributed by atoms with Gasteiger partial charge in [-0.15, -0.1) is 0 Å². The van der Waals surface area contributed by atoms with Crippen molar-refractivity contribution in [3.63, 3.8) is 0 Å². The molecule has 1 fully saturated rings. The molecule has 1 amide bonds. The van der Waals surface area contributed by atoms with Crippen molar-refractivity contribution in [3.8, 4) is 0 Å². The van der Waals surface area contributed by atoms with Gasteiger partial charge in [0.05, 0.1) is 5.56 Å². The average molecular weight is 271 g/mol. The molecule has 1 saturated heterocycles. The SMILES string of the molecule is O=C(N[C@@H]1CCCNC1)c1cc(=O)[nH]c2ccccc12. The van der Waals surface area contributed by atoms with Crippen LogP contribution in [-0.2, 0) is 0 Å². The number of piperidine rings is 1. The Hall–Kier alpha value is -2.14. The largest absolute Gasteiger partial charge is 0.348 e. The van der Waals surface area contributed by atoms with Gasteiger partial charge in [-0.3, -0.25) is 9.59 Å². The van der Waals surface area contributed by atoms with Crippen molar-refractivity contribution in [1.82, 2.24) is 15.6 Å². The molecule has 0 aliphatic carbocycles. The molecule has 20 heavy (non-hydrogen) atoms. The van der Waals surface area contributed by atoms with Gasteiger partial charge < -0.3 is 15.6 Å². The summed E-state index contributed by atoms with van der Waals surface area (Å²) < 4.78 is 0. The number of aromatic amines is 1. The van der Waals surface area contributed by atoms with Crippen LogP contribution in [0.2, 0.25) is 0 Å². The summed E-state index contributed by atoms with van der Waals surface area (Å²) in [5, 5.41) is 7.03. The fourth-order valence-electron chi connectivity index (χ4n) is 2.63. The minimum absolute atomic E-state index is 0.134. The first-order valence-corrected chi connectivity index (χ1v) is 6.88. The third kappa shape index (κ3) is 2.58. The molecule has 1 aromatic carbocycles. The standard InChI is InChI=1S/C15H17N3O2/c19-14-8-12(11-5-1-2-6-13(11)18-14)15(20)17-10-4-3-7-16-9-10/h1-2,5-6,8,10,16H,3-4,7,9H2,(H,17,20)(H,18,19)/t10-/m1/s1. The summed E-state index contributed by atoms with van der Waals surface area (Å²) in [6.07, 6.45) is 2.03. The second kappa shape index (κ2) is 5.46. The molecule has 0 unspecified atom stereocenters. The number of carbonyl (C=O) groups excluding carboxylic acids is 1. The maximum Gasteiger partial charge on any atom is 0.252 e. The van der Waals surface area contributed by atoms with Gasteiger partial charge in [-0.05, 0) is 25.5 Å². The number of H-pyrrole nitrogens is 1. The average Bonchev–Trinajstić information content (AvgIpc) is 2.47. The van der Waals surface area contributed by atoms with E-state index in [9.17, 15) is 9.59 Å². The second-order valence-electron chi connectivity index (χ2n) is 5.11. The number of carbonyl (C=O) groups is 1. The summed E-state index contributed by atoms with van der Waals surface area (Å²) >= 11 is 0. The lowest BCUT2D eigenvalue weighted by Gasteiger charge is -2.24. The maximum atomic E-state index is 12.4. The topological polar surface area (TPSA) is 74.0 Å². The zero-order valence-corrected chi connectivity index (χ0v) is 11.1. The van der Waals surface area contributed by atoms with Crippen LogP contribution in [0.25, 0.3) is 10.9 Å². The van der Waals surface area contributed by atoms with Crippen LogP contribution in [0.1, 0.15) is 23.2 Å². The highest BCUT2D eigenvalue weighted by atomic mass is 16.2. The first-order valence-electron chi connectivity index (χ1n) is 6.88. The van der Waals surface area contributed by atoms with E-state index in [1.54, 1.807) is 6.07 Å². The van der Waals surface area contributed by atoms with E-state index in [4.69, 9.17) is 0 Å². The van der Waals surface area contributed by atoms with Gasteiger partial charge in [-0.2, -0.15) is 0 Å². The number of fused-ring (bicyclic) bond motifs is 1. The molecule has 3 rings (SSSR count). The van der Waals surface area contributed by atoms with E-state index in [-0.39, 0.29) is 17.5 Å². The Morgan fingerprint density at radius 1 is 1.30 bits per heavy atom. The van der Waals surface area contributed by atoms with Gasteiger partial charge in [0, 0.05) is 29.6 Å². The lowest BCUT2D eigenvalue weighted by Crippen LogP contribution is -2.45. The molecule has 1 atom stereocenters. The first kappa shape index (κ1) is 12.9. The molecule has 2 aromatic rings. The Morgan fingerprint density at radius 3 is 2.95 bits per heavy atom. The van der Waals surface area contributed by atoms with Gasteiger partial charge in [-0.1, -0.05) is 18.2 Å². The molecular formula is C15H17N3O2. The monoisotopic (exact) mass is 271 g/mol. The zero-order valence-electron chi connectivity index (χ0n) is 11.1. The number of hydrogen-bond acceptors (Lipinski definition) is 3. The summed E-state index contributed by atoms with van der Waals surface area (Å²) in [5.41, 5.74) is 0.873. The second-order valence-corrected chi connectivity index (χ2v) is 5.11. The van der Waals surface area contributed by atoms with Crippen molar-refractivity contribution in [2.75, 3.05) is 13.1 Å². The number of hydrogen-bond donors (Lipinski definition) is 3. The van der Waals surface area contributed by atoms with Crippen molar-refractivity contribution < 1.29 is 4.79 Å². The molecule has 1 aromatic heterocycles. The summed E-state index contributed by atoms with van der Waals surface area (Å²) in [7, 11) is 0. The third-order valence-corrected chi connectivity index (χ3v) is 3.63. The molecule has 5 heteroatoms. The Labute approximate surface area is 116 Å². The highest BCUT2D eigenvalue weighted by Crippen LogP contribution is 2.15. The number of pyridine rings is 1. The molecular weight excluding hydrogens is 254 g/mol. The van der Waals surface area contributed by atoms with Gasteiger partial charge in [-0.25, -0.2) is 0 Å². The van der Waals surface area contributed by atoms with Crippen molar-refractivity contribution in [3.05, 3.63) is 46.2 Å². The Balaban J connectivity index is 1.92. The molecule has 1 aliphatic heterocycles. The predicted octanol–water partition coefficient (Wildman–Crippen LogP) is 1.01. The van der Waals surface area contributed by atoms with Crippen molar-refractivity contribution in [1.29, 1.82) is 0 Å². The summed E-state index contributed by atoms with van der Waals surface area (Å²) in [6.45, 7) is 1.78. The highest BCUT2D eigenvalue weighted by molar-refractivity contribution is 6.06. The summed E-state index contributed by atoms with van der Waals surface area (Å²) in [6, 6.07) is 8.85. The molecule has 5 nitrogen and oxygen atoms in total. The minimum atomic E-state index is -0.254. The van der Waals surface area contributed by atoms with E-state index in [0.29, 0.717) is 11.1 Å². The molecule has 3 N–H and O–H groups in total. The predicted molar refractivity (Wildman–Crippen MR) is 77.9 cm³/mol. The van der Waals surface area contributed by atoms with Gasteiger partial charge in [0.2, 0.25) is 5.56 Å². The fraction of sp³-hybridized carbons (Fsp3) is 0.333. The van der Waals surface area contributed by atoms with E-state index >= 15 is 0 Å². The van der Waals surface area contributed by atoms with Crippen LogP contribution in [-0.4, -0.2) is 30.0 Å². The van der Waals surface area contributed by atoms with E-state index < -0.39 is 0 Å². The maximum absolute atomic E-state index is 12.4.